The second-order valence-corrected chi connectivity index (χ2v) is 12.0. The fourth-order valence-electron chi connectivity index (χ4n) is 3.45. The Morgan fingerprint density at radius 1 is 1.07 bits per heavy atom. The second-order valence-electron chi connectivity index (χ2n) is 8.54. The van der Waals surface area contributed by atoms with E-state index in [0.29, 0.717) is 13.1 Å². The molecule has 1 aromatic heterocycles. The summed E-state index contributed by atoms with van der Waals surface area (Å²) >= 11 is 1.71. The van der Waals surface area contributed by atoms with Gasteiger partial charge in [-0.15, -0.1) is 11.3 Å². The first-order valence-electron chi connectivity index (χ1n) is 9.35. The van der Waals surface area contributed by atoms with Gasteiger partial charge in [0.25, 0.3) is 0 Å². The summed E-state index contributed by atoms with van der Waals surface area (Å²) in [6.07, 6.45) is 0. The molecule has 3 heterocycles. The number of benzene rings is 1. The molecule has 0 spiro atoms. The molecule has 2 aliphatic heterocycles. The zero-order valence-corrected chi connectivity index (χ0v) is 18.0. The monoisotopic (exact) mass is 407 g/mol. The molecule has 0 saturated carbocycles. The number of sulfone groups is 1. The molecule has 146 valence electrons. The highest BCUT2D eigenvalue weighted by Crippen LogP contribution is 2.37. The summed E-state index contributed by atoms with van der Waals surface area (Å²) in [4.78, 5) is 2.21. The SMILES string of the molecule is CC1(C)OB(c2cc3cc(CN4CCS(=O)(=O)CC4)ccc3s2)OC1(C)C. The topological polar surface area (TPSA) is 55.8 Å². The summed E-state index contributed by atoms with van der Waals surface area (Å²) in [7, 11) is -3.17. The molecule has 4 rings (SSSR count). The first kappa shape index (κ1) is 19.4. The van der Waals surface area contributed by atoms with Gasteiger partial charge in [0.15, 0.2) is 9.84 Å². The third-order valence-electron chi connectivity index (χ3n) is 5.93. The van der Waals surface area contributed by atoms with Gasteiger partial charge in [-0.2, -0.15) is 0 Å². The Balaban J connectivity index is 1.51. The Kier molecular flexibility index (Phi) is 4.71. The maximum Gasteiger partial charge on any atom is 0.505 e. The van der Waals surface area contributed by atoms with Gasteiger partial charge < -0.3 is 9.31 Å². The number of rotatable bonds is 3. The van der Waals surface area contributed by atoms with Crippen LogP contribution in [-0.4, -0.2) is 56.2 Å². The maximum absolute atomic E-state index is 11.6. The zero-order chi connectivity index (χ0) is 19.4. The van der Waals surface area contributed by atoms with Gasteiger partial charge in [0.05, 0.1) is 22.7 Å². The van der Waals surface area contributed by atoms with Gasteiger partial charge in [-0.25, -0.2) is 8.42 Å². The van der Waals surface area contributed by atoms with E-state index < -0.39 is 9.84 Å². The number of hydrogen-bond donors (Lipinski definition) is 0. The molecule has 5 nitrogen and oxygen atoms in total. The van der Waals surface area contributed by atoms with Gasteiger partial charge in [-0.1, -0.05) is 6.07 Å². The lowest BCUT2D eigenvalue weighted by molar-refractivity contribution is 0.00578. The van der Waals surface area contributed by atoms with Gasteiger partial charge in [0, 0.05) is 29.1 Å². The van der Waals surface area contributed by atoms with E-state index >= 15 is 0 Å². The Hall–Kier alpha value is -0.925. The van der Waals surface area contributed by atoms with Crippen LogP contribution in [0.5, 0.6) is 0 Å². The Morgan fingerprint density at radius 3 is 2.33 bits per heavy atom. The van der Waals surface area contributed by atoms with Crippen LogP contribution in [-0.2, 0) is 25.7 Å². The molecule has 1 aromatic carbocycles. The van der Waals surface area contributed by atoms with Crippen molar-refractivity contribution in [3.63, 3.8) is 0 Å². The highest BCUT2D eigenvalue weighted by atomic mass is 32.2. The van der Waals surface area contributed by atoms with Crippen LogP contribution in [0.25, 0.3) is 10.1 Å². The molecule has 0 unspecified atom stereocenters. The predicted octanol–water partition coefficient (Wildman–Crippen LogP) is 2.43. The third kappa shape index (κ3) is 3.83. The van der Waals surface area contributed by atoms with Crippen molar-refractivity contribution in [1.29, 1.82) is 0 Å². The van der Waals surface area contributed by atoms with Crippen LogP contribution in [0.2, 0.25) is 0 Å². The van der Waals surface area contributed by atoms with Crippen molar-refractivity contribution >= 4 is 43.2 Å². The molecule has 0 bridgehead atoms. The quantitative estimate of drug-likeness (QED) is 0.732. The van der Waals surface area contributed by atoms with Crippen LogP contribution < -0.4 is 4.78 Å². The van der Waals surface area contributed by atoms with Crippen LogP contribution in [0.1, 0.15) is 33.3 Å². The summed E-state index contributed by atoms with van der Waals surface area (Å²) in [5.74, 6) is 0.527. The summed E-state index contributed by atoms with van der Waals surface area (Å²) < 4.78 is 37.8. The summed E-state index contributed by atoms with van der Waals surface area (Å²) in [5, 5.41) is 1.19. The molecule has 2 aromatic rings. The van der Waals surface area contributed by atoms with Gasteiger partial charge in [0.1, 0.15) is 0 Å². The van der Waals surface area contributed by atoms with E-state index in [0.717, 1.165) is 11.3 Å². The molecule has 2 fully saturated rings. The van der Waals surface area contributed by atoms with E-state index in [1.807, 2.05) is 0 Å². The fraction of sp³-hybridized carbons (Fsp3) is 0.579. The highest BCUT2D eigenvalue weighted by Gasteiger charge is 2.52. The van der Waals surface area contributed by atoms with Gasteiger partial charge in [0.2, 0.25) is 0 Å². The lowest BCUT2D eigenvalue weighted by Crippen LogP contribution is -2.41. The number of hydrogen-bond acceptors (Lipinski definition) is 6. The summed E-state index contributed by atoms with van der Waals surface area (Å²) in [6, 6.07) is 8.64. The Morgan fingerprint density at radius 2 is 1.70 bits per heavy atom. The molecule has 2 saturated heterocycles. The zero-order valence-electron chi connectivity index (χ0n) is 16.3. The number of nitrogens with zero attached hydrogens (tertiary/aromatic N) is 1. The van der Waals surface area contributed by atoms with E-state index in [2.05, 4.69) is 56.9 Å². The van der Waals surface area contributed by atoms with Crippen LogP contribution in [0.4, 0.5) is 0 Å². The van der Waals surface area contributed by atoms with Crippen molar-refractivity contribution in [2.24, 2.45) is 0 Å². The van der Waals surface area contributed by atoms with Crippen LogP contribution in [0, 0.1) is 0 Å². The molecule has 8 heteroatoms. The smallest absolute Gasteiger partial charge is 0.399 e. The third-order valence-corrected chi connectivity index (χ3v) is 8.68. The van der Waals surface area contributed by atoms with E-state index in [9.17, 15) is 8.42 Å². The molecule has 2 aliphatic rings. The lowest BCUT2D eigenvalue weighted by atomic mass is 9.87. The molecule has 0 radical (unpaired) electrons. The van der Waals surface area contributed by atoms with E-state index in [4.69, 9.17) is 9.31 Å². The minimum Gasteiger partial charge on any atom is -0.399 e. The first-order chi connectivity index (χ1) is 12.5. The summed E-state index contributed by atoms with van der Waals surface area (Å²) in [6.45, 7) is 10.3. The average Bonchev–Trinajstić information content (AvgIpc) is 3.07. The van der Waals surface area contributed by atoms with Crippen molar-refractivity contribution in [3.8, 4) is 0 Å². The lowest BCUT2D eigenvalue weighted by Gasteiger charge is -2.32. The van der Waals surface area contributed by atoms with Crippen molar-refractivity contribution in [1.82, 2.24) is 4.90 Å². The summed E-state index contributed by atoms with van der Waals surface area (Å²) in [5.41, 5.74) is 0.529. The van der Waals surface area contributed by atoms with Crippen LogP contribution in [0.15, 0.2) is 24.3 Å². The largest absolute Gasteiger partial charge is 0.505 e. The van der Waals surface area contributed by atoms with Crippen molar-refractivity contribution in [3.05, 3.63) is 29.8 Å². The molecule has 0 atom stereocenters. The van der Waals surface area contributed by atoms with Gasteiger partial charge >= 0.3 is 7.12 Å². The molecule has 0 amide bonds. The van der Waals surface area contributed by atoms with Gasteiger partial charge in [-0.05, 0) is 56.8 Å². The van der Waals surface area contributed by atoms with Gasteiger partial charge in [-0.3, -0.25) is 4.90 Å². The van der Waals surface area contributed by atoms with Crippen LogP contribution in [0.3, 0.4) is 0 Å². The molecule has 0 N–H and O–H groups in total. The minimum atomic E-state index is -2.84. The molecular weight excluding hydrogens is 381 g/mol. The average molecular weight is 407 g/mol. The maximum atomic E-state index is 11.6. The van der Waals surface area contributed by atoms with Crippen molar-refractivity contribution in [2.45, 2.75) is 45.4 Å². The highest BCUT2D eigenvalue weighted by molar-refractivity contribution is 7.91. The normalized spacial score (nSPS) is 24.5. The molecule has 27 heavy (non-hydrogen) atoms. The van der Waals surface area contributed by atoms with E-state index in [1.165, 1.54) is 15.6 Å². The number of thiophene rings is 1. The van der Waals surface area contributed by atoms with Crippen LogP contribution >= 0.6 is 11.3 Å². The molecular formula is C19H26BNO4S2. The predicted molar refractivity (Wildman–Crippen MR) is 111 cm³/mol. The van der Waals surface area contributed by atoms with Crippen molar-refractivity contribution in [2.75, 3.05) is 24.6 Å². The second kappa shape index (κ2) is 6.56. The Labute approximate surface area is 165 Å². The number of fused-ring (bicyclic) bond motifs is 1. The Bertz CT molecular complexity index is 937. The standard InChI is InChI=1S/C19H26BNO4S2/c1-18(2)19(3,4)25-20(24-18)17-12-15-11-14(5-6-16(15)26-17)13-21-7-9-27(22,23)10-8-21/h5-6,11-12H,7-10,13H2,1-4H3. The van der Waals surface area contributed by atoms with Crippen molar-refractivity contribution < 1.29 is 17.7 Å². The minimum absolute atomic E-state index is 0.264. The van der Waals surface area contributed by atoms with E-state index in [1.54, 1.807) is 11.3 Å². The first-order valence-corrected chi connectivity index (χ1v) is 12.0. The molecule has 0 aliphatic carbocycles. The fourth-order valence-corrected chi connectivity index (χ4v) is 5.73. The van der Waals surface area contributed by atoms with E-state index in [-0.39, 0.29) is 29.8 Å².